The Morgan fingerprint density at radius 1 is 1.00 bits per heavy atom. The Balaban J connectivity index is 1.77. The Bertz CT molecular complexity index is 213. The molecular formula is C14H26N2. The fourth-order valence-corrected chi connectivity index (χ4v) is 2.04. The van der Waals surface area contributed by atoms with E-state index in [0.29, 0.717) is 0 Å². The van der Waals surface area contributed by atoms with Crippen LogP contribution in [-0.2, 0) is 0 Å². The fourth-order valence-electron chi connectivity index (χ4n) is 2.04. The molecule has 1 fully saturated rings. The molecule has 1 saturated carbocycles. The van der Waals surface area contributed by atoms with Crippen LogP contribution in [0.4, 0.5) is 0 Å². The lowest BCUT2D eigenvalue weighted by atomic mass is 10.1. The van der Waals surface area contributed by atoms with Crippen molar-refractivity contribution in [2.24, 2.45) is 0 Å². The highest BCUT2D eigenvalue weighted by Crippen LogP contribution is 2.34. The number of hydrogen-bond acceptors (Lipinski definition) is 2. The van der Waals surface area contributed by atoms with Gasteiger partial charge in [-0.3, -0.25) is 5.32 Å². The van der Waals surface area contributed by atoms with Crippen LogP contribution in [0, 0.1) is 11.3 Å². The van der Waals surface area contributed by atoms with E-state index in [0.717, 1.165) is 19.4 Å². The Labute approximate surface area is 100 Å². The zero-order valence-electron chi connectivity index (χ0n) is 10.7. The summed E-state index contributed by atoms with van der Waals surface area (Å²) in [6.07, 6.45) is 13.0. The molecule has 0 bridgehead atoms. The summed E-state index contributed by atoms with van der Waals surface area (Å²) in [5.74, 6) is 0. The van der Waals surface area contributed by atoms with Gasteiger partial charge >= 0.3 is 0 Å². The first-order valence-electron chi connectivity index (χ1n) is 6.99. The first-order chi connectivity index (χ1) is 7.83. The highest BCUT2D eigenvalue weighted by molar-refractivity contribution is 5.18. The maximum absolute atomic E-state index is 8.87. The molecule has 0 aliphatic heterocycles. The van der Waals surface area contributed by atoms with Gasteiger partial charge in [0.1, 0.15) is 5.54 Å². The van der Waals surface area contributed by atoms with Crippen molar-refractivity contribution in [2.75, 3.05) is 6.54 Å². The number of rotatable bonds is 10. The van der Waals surface area contributed by atoms with Crippen molar-refractivity contribution in [1.82, 2.24) is 5.32 Å². The first-order valence-corrected chi connectivity index (χ1v) is 6.99. The highest BCUT2D eigenvalue weighted by Gasteiger charge is 2.42. The van der Waals surface area contributed by atoms with Crippen molar-refractivity contribution in [1.29, 1.82) is 5.26 Å². The molecule has 0 atom stereocenters. The number of nitriles is 1. The van der Waals surface area contributed by atoms with Crippen LogP contribution < -0.4 is 5.32 Å². The molecule has 1 N–H and O–H groups in total. The zero-order valence-corrected chi connectivity index (χ0v) is 10.7. The van der Waals surface area contributed by atoms with Crippen LogP contribution in [0.5, 0.6) is 0 Å². The maximum atomic E-state index is 8.87. The van der Waals surface area contributed by atoms with Gasteiger partial charge < -0.3 is 0 Å². The minimum Gasteiger partial charge on any atom is -0.299 e. The van der Waals surface area contributed by atoms with Crippen LogP contribution in [0.15, 0.2) is 0 Å². The van der Waals surface area contributed by atoms with Crippen molar-refractivity contribution in [3.8, 4) is 6.07 Å². The van der Waals surface area contributed by atoms with Crippen LogP contribution >= 0.6 is 0 Å². The lowest BCUT2D eigenvalue weighted by Gasteiger charge is -2.08. The van der Waals surface area contributed by atoms with Gasteiger partial charge in [0.15, 0.2) is 0 Å². The van der Waals surface area contributed by atoms with E-state index in [1.165, 1.54) is 51.4 Å². The minimum absolute atomic E-state index is 0.110. The van der Waals surface area contributed by atoms with Crippen molar-refractivity contribution in [2.45, 2.75) is 76.7 Å². The molecule has 0 aromatic rings. The Kier molecular flexibility index (Phi) is 6.49. The number of hydrogen-bond donors (Lipinski definition) is 1. The summed E-state index contributed by atoms with van der Waals surface area (Å²) in [6, 6.07) is 2.37. The van der Waals surface area contributed by atoms with Gasteiger partial charge in [-0.2, -0.15) is 5.26 Å². The molecule has 0 radical (unpaired) electrons. The Morgan fingerprint density at radius 3 is 2.06 bits per heavy atom. The molecule has 1 aliphatic carbocycles. The fraction of sp³-hybridized carbons (Fsp3) is 0.929. The van der Waals surface area contributed by atoms with E-state index >= 15 is 0 Å². The van der Waals surface area contributed by atoms with Crippen molar-refractivity contribution >= 4 is 0 Å². The molecule has 0 amide bonds. The molecule has 0 aromatic heterocycles. The van der Waals surface area contributed by atoms with Crippen molar-refractivity contribution in [3.63, 3.8) is 0 Å². The van der Waals surface area contributed by atoms with Gasteiger partial charge in [-0.05, 0) is 25.8 Å². The Hall–Kier alpha value is -0.550. The molecule has 0 unspecified atom stereocenters. The van der Waals surface area contributed by atoms with E-state index in [2.05, 4.69) is 18.3 Å². The van der Waals surface area contributed by atoms with Gasteiger partial charge in [0.25, 0.3) is 0 Å². The summed E-state index contributed by atoms with van der Waals surface area (Å²) in [4.78, 5) is 0. The van der Waals surface area contributed by atoms with Gasteiger partial charge in [0, 0.05) is 0 Å². The number of unbranched alkanes of at least 4 members (excludes halogenated alkanes) is 7. The van der Waals surface area contributed by atoms with E-state index in [4.69, 9.17) is 5.26 Å². The van der Waals surface area contributed by atoms with Crippen molar-refractivity contribution in [3.05, 3.63) is 0 Å². The van der Waals surface area contributed by atoms with Gasteiger partial charge in [-0.1, -0.05) is 51.9 Å². The third kappa shape index (κ3) is 5.51. The second kappa shape index (κ2) is 7.68. The lowest BCUT2D eigenvalue weighted by Crippen LogP contribution is -2.30. The second-order valence-electron chi connectivity index (χ2n) is 5.10. The summed E-state index contributed by atoms with van der Waals surface area (Å²) < 4.78 is 0. The second-order valence-corrected chi connectivity index (χ2v) is 5.10. The Morgan fingerprint density at radius 2 is 1.56 bits per heavy atom. The molecule has 2 heteroatoms. The molecular weight excluding hydrogens is 196 g/mol. The molecule has 2 nitrogen and oxygen atoms in total. The highest BCUT2D eigenvalue weighted by atomic mass is 15.0. The van der Waals surface area contributed by atoms with E-state index in [1.807, 2.05) is 0 Å². The SMILES string of the molecule is CCCCCCCCCCNC1(C#N)CC1. The lowest BCUT2D eigenvalue weighted by molar-refractivity contribution is 0.530. The molecule has 1 aliphatic rings. The topological polar surface area (TPSA) is 35.8 Å². The molecule has 0 aromatic carbocycles. The number of nitrogens with one attached hydrogen (secondary N) is 1. The van der Waals surface area contributed by atoms with Gasteiger partial charge in [0.2, 0.25) is 0 Å². The summed E-state index contributed by atoms with van der Waals surface area (Å²) >= 11 is 0. The van der Waals surface area contributed by atoms with Crippen molar-refractivity contribution < 1.29 is 0 Å². The van der Waals surface area contributed by atoms with E-state index < -0.39 is 0 Å². The largest absolute Gasteiger partial charge is 0.299 e. The molecule has 0 spiro atoms. The maximum Gasteiger partial charge on any atom is 0.106 e. The molecule has 0 heterocycles. The normalized spacial score (nSPS) is 17.0. The molecule has 16 heavy (non-hydrogen) atoms. The standard InChI is InChI=1S/C14H26N2/c1-2-3-4-5-6-7-8-9-12-16-14(13-15)10-11-14/h16H,2-12H2,1H3. The van der Waals surface area contributed by atoms with Crippen LogP contribution in [-0.4, -0.2) is 12.1 Å². The quantitative estimate of drug-likeness (QED) is 0.571. The van der Waals surface area contributed by atoms with Crippen LogP contribution in [0.2, 0.25) is 0 Å². The summed E-state index contributed by atoms with van der Waals surface area (Å²) in [5, 5.41) is 12.2. The van der Waals surface area contributed by atoms with Gasteiger partial charge in [0.05, 0.1) is 6.07 Å². The minimum atomic E-state index is -0.110. The third-order valence-corrected chi connectivity index (χ3v) is 3.46. The number of nitrogens with zero attached hydrogens (tertiary/aromatic N) is 1. The molecule has 0 saturated heterocycles. The van der Waals surface area contributed by atoms with Crippen LogP contribution in [0.25, 0.3) is 0 Å². The average molecular weight is 222 g/mol. The summed E-state index contributed by atoms with van der Waals surface area (Å²) in [6.45, 7) is 3.29. The molecule has 92 valence electrons. The predicted molar refractivity (Wildman–Crippen MR) is 68.2 cm³/mol. The van der Waals surface area contributed by atoms with Crippen LogP contribution in [0.3, 0.4) is 0 Å². The summed E-state index contributed by atoms with van der Waals surface area (Å²) in [5.41, 5.74) is -0.110. The van der Waals surface area contributed by atoms with Gasteiger partial charge in [-0.25, -0.2) is 0 Å². The summed E-state index contributed by atoms with van der Waals surface area (Å²) in [7, 11) is 0. The zero-order chi connectivity index (χ0) is 11.7. The first kappa shape index (κ1) is 13.5. The van der Waals surface area contributed by atoms with Crippen LogP contribution in [0.1, 0.15) is 71.1 Å². The van der Waals surface area contributed by atoms with E-state index in [1.54, 1.807) is 0 Å². The monoisotopic (exact) mass is 222 g/mol. The predicted octanol–water partition coefficient (Wildman–Crippen LogP) is 3.77. The van der Waals surface area contributed by atoms with E-state index in [-0.39, 0.29) is 5.54 Å². The molecule has 1 rings (SSSR count). The third-order valence-electron chi connectivity index (χ3n) is 3.46. The smallest absolute Gasteiger partial charge is 0.106 e. The van der Waals surface area contributed by atoms with Gasteiger partial charge in [-0.15, -0.1) is 0 Å². The average Bonchev–Trinajstić information content (AvgIpc) is 3.08. The van der Waals surface area contributed by atoms with E-state index in [9.17, 15) is 0 Å².